The highest BCUT2D eigenvalue weighted by atomic mass is 16.5. The van der Waals surface area contributed by atoms with Crippen LogP contribution in [0.4, 0.5) is 0 Å². The molecule has 0 aromatic heterocycles. The lowest BCUT2D eigenvalue weighted by Crippen LogP contribution is -2.08. The van der Waals surface area contributed by atoms with Gasteiger partial charge < -0.3 is 20.1 Å². The van der Waals surface area contributed by atoms with Crippen molar-refractivity contribution < 1.29 is 24.9 Å². The van der Waals surface area contributed by atoms with Crippen LogP contribution in [0.1, 0.15) is 54.1 Å². The van der Waals surface area contributed by atoms with Crippen molar-refractivity contribution in [2.75, 3.05) is 6.61 Å². The topological polar surface area (TPSA) is 87.0 Å². The monoisotopic (exact) mass is 282 g/mol. The van der Waals surface area contributed by atoms with Gasteiger partial charge in [0.25, 0.3) is 0 Å². The predicted molar refractivity (Wildman–Crippen MR) is 75.8 cm³/mol. The zero-order valence-electron chi connectivity index (χ0n) is 12.2. The Morgan fingerprint density at radius 3 is 2.25 bits per heavy atom. The first-order valence-electron chi connectivity index (χ1n) is 6.82. The van der Waals surface area contributed by atoms with Crippen molar-refractivity contribution in [2.45, 2.75) is 46.5 Å². The minimum atomic E-state index is -1.32. The van der Waals surface area contributed by atoms with Gasteiger partial charge in [-0.2, -0.15) is 0 Å². The maximum Gasteiger partial charge on any atom is 0.343 e. The van der Waals surface area contributed by atoms with Gasteiger partial charge in [0, 0.05) is 5.56 Å². The lowest BCUT2D eigenvalue weighted by Gasteiger charge is -2.16. The van der Waals surface area contributed by atoms with E-state index in [1.165, 1.54) is 0 Å². The van der Waals surface area contributed by atoms with Gasteiger partial charge in [-0.15, -0.1) is 0 Å². The van der Waals surface area contributed by atoms with E-state index in [1.807, 2.05) is 0 Å². The van der Waals surface area contributed by atoms with Crippen molar-refractivity contribution in [3.63, 3.8) is 0 Å². The van der Waals surface area contributed by atoms with Crippen molar-refractivity contribution in [1.82, 2.24) is 0 Å². The van der Waals surface area contributed by atoms with Crippen molar-refractivity contribution in [3.8, 4) is 17.2 Å². The molecule has 0 aliphatic carbocycles. The van der Waals surface area contributed by atoms with Crippen LogP contribution in [0.2, 0.25) is 0 Å². The molecule has 0 radical (unpaired) electrons. The fraction of sp³-hybridized carbons (Fsp3) is 0.533. The number of carbonyl (C=O) groups is 1. The van der Waals surface area contributed by atoms with Crippen LogP contribution in [0.3, 0.4) is 0 Å². The average molecular weight is 282 g/mol. The zero-order chi connectivity index (χ0) is 15.3. The molecular weight excluding hydrogens is 260 g/mol. The standard InChI is InChI=1S/C15H22O5/c1-4-5-6-7-8-20-14-10(3)9(2)12(16)13(17)11(14)15(18)19/h16-17H,4-8H2,1-3H3,(H,18,19). The van der Waals surface area contributed by atoms with Gasteiger partial charge in [0.2, 0.25) is 0 Å². The Labute approximate surface area is 118 Å². The molecule has 0 saturated heterocycles. The average Bonchev–Trinajstić information content (AvgIpc) is 2.41. The van der Waals surface area contributed by atoms with Crippen molar-refractivity contribution in [1.29, 1.82) is 0 Å². The van der Waals surface area contributed by atoms with Crippen LogP contribution in [0.25, 0.3) is 0 Å². The van der Waals surface area contributed by atoms with Gasteiger partial charge in [-0.1, -0.05) is 26.2 Å². The number of aromatic hydroxyl groups is 2. The summed E-state index contributed by atoms with van der Waals surface area (Å²) in [5.41, 5.74) is 0.588. The molecule has 0 saturated carbocycles. The van der Waals surface area contributed by atoms with Crippen LogP contribution in [0, 0.1) is 13.8 Å². The first-order valence-corrected chi connectivity index (χ1v) is 6.82. The number of ether oxygens (including phenoxy) is 1. The smallest absolute Gasteiger partial charge is 0.343 e. The molecule has 0 aliphatic rings. The predicted octanol–water partition coefficient (Wildman–Crippen LogP) is 3.37. The fourth-order valence-corrected chi connectivity index (χ4v) is 2.02. The van der Waals surface area contributed by atoms with Gasteiger partial charge in [0.1, 0.15) is 11.3 Å². The summed E-state index contributed by atoms with van der Waals surface area (Å²) in [5, 5.41) is 28.7. The quantitative estimate of drug-likeness (QED) is 0.527. The molecule has 0 amide bonds. The number of unbranched alkanes of at least 4 members (excludes halogenated alkanes) is 3. The summed E-state index contributed by atoms with van der Waals surface area (Å²) in [6, 6.07) is 0. The van der Waals surface area contributed by atoms with Gasteiger partial charge in [-0.05, 0) is 25.8 Å². The molecule has 0 atom stereocenters. The number of carboxylic acids is 1. The highest BCUT2D eigenvalue weighted by Crippen LogP contribution is 2.42. The van der Waals surface area contributed by atoms with E-state index in [2.05, 4.69) is 6.92 Å². The number of phenolic OH excluding ortho intramolecular Hbond substituents is 1. The Morgan fingerprint density at radius 1 is 1.05 bits per heavy atom. The van der Waals surface area contributed by atoms with E-state index < -0.39 is 17.5 Å². The van der Waals surface area contributed by atoms with Crippen LogP contribution in [-0.2, 0) is 0 Å². The van der Waals surface area contributed by atoms with Crippen LogP contribution >= 0.6 is 0 Å². The van der Waals surface area contributed by atoms with Gasteiger partial charge in [0.05, 0.1) is 6.61 Å². The van der Waals surface area contributed by atoms with Gasteiger partial charge in [-0.25, -0.2) is 4.79 Å². The Kier molecular flexibility index (Phi) is 5.67. The SMILES string of the molecule is CCCCCCOc1c(C)c(C)c(O)c(O)c1C(=O)O. The number of hydrogen-bond acceptors (Lipinski definition) is 4. The zero-order valence-corrected chi connectivity index (χ0v) is 12.2. The lowest BCUT2D eigenvalue weighted by atomic mass is 10.0. The van der Waals surface area contributed by atoms with E-state index in [-0.39, 0.29) is 11.3 Å². The normalized spacial score (nSPS) is 10.6. The van der Waals surface area contributed by atoms with Crippen LogP contribution in [0.5, 0.6) is 17.2 Å². The second-order valence-corrected chi connectivity index (χ2v) is 4.87. The molecule has 0 spiro atoms. The third-order valence-electron chi connectivity index (χ3n) is 3.40. The molecule has 0 fully saturated rings. The van der Waals surface area contributed by atoms with Crippen molar-refractivity contribution >= 4 is 5.97 Å². The maximum atomic E-state index is 11.2. The summed E-state index contributed by atoms with van der Waals surface area (Å²) in [7, 11) is 0. The number of carboxylic acid groups (broad SMARTS) is 1. The van der Waals surface area contributed by atoms with Gasteiger partial charge in [0.15, 0.2) is 11.5 Å². The summed E-state index contributed by atoms with van der Waals surface area (Å²) in [4.78, 5) is 11.2. The third kappa shape index (κ3) is 3.35. The molecule has 0 bridgehead atoms. The summed E-state index contributed by atoms with van der Waals surface area (Å²) in [5.74, 6) is -2.21. The Morgan fingerprint density at radius 2 is 1.70 bits per heavy atom. The van der Waals surface area contributed by atoms with Gasteiger partial charge >= 0.3 is 5.97 Å². The highest BCUT2D eigenvalue weighted by molar-refractivity contribution is 5.96. The van der Waals surface area contributed by atoms with Crippen LogP contribution < -0.4 is 4.74 Å². The van der Waals surface area contributed by atoms with Gasteiger partial charge in [-0.3, -0.25) is 0 Å². The second kappa shape index (κ2) is 7.03. The van der Waals surface area contributed by atoms with E-state index in [0.717, 1.165) is 25.7 Å². The molecule has 20 heavy (non-hydrogen) atoms. The summed E-state index contributed by atoms with van der Waals surface area (Å²) >= 11 is 0. The molecule has 112 valence electrons. The van der Waals surface area contributed by atoms with E-state index in [9.17, 15) is 20.1 Å². The molecule has 1 aromatic rings. The summed E-state index contributed by atoms with van der Waals surface area (Å²) in [6.07, 6.45) is 4.06. The first-order chi connectivity index (χ1) is 9.41. The molecule has 0 aliphatic heterocycles. The molecular formula is C15H22O5. The van der Waals surface area contributed by atoms with E-state index >= 15 is 0 Å². The number of phenols is 2. The summed E-state index contributed by atoms with van der Waals surface area (Å²) < 4.78 is 5.54. The number of rotatable bonds is 7. The Hall–Kier alpha value is -1.91. The highest BCUT2D eigenvalue weighted by Gasteiger charge is 2.25. The van der Waals surface area contributed by atoms with E-state index in [4.69, 9.17) is 4.74 Å². The number of benzene rings is 1. The molecule has 1 aromatic carbocycles. The second-order valence-electron chi connectivity index (χ2n) is 4.87. The lowest BCUT2D eigenvalue weighted by molar-refractivity contribution is 0.0687. The molecule has 3 N–H and O–H groups in total. The maximum absolute atomic E-state index is 11.2. The molecule has 1 rings (SSSR count). The third-order valence-corrected chi connectivity index (χ3v) is 3.40. The number of aromatic carboxylic acids is 1. The first kappa shape index (κ1) is 16.1. The van der Waals surface area contributed by atoms with Crippen LogP contribution in [-0.4, -0.2) is 27.9 Å². The molecule has 5 nitrogen and oxygen atoms in total. The Bertz CT molecular complexity index is 494. The Balaban J connectivity index is 3.01. The fourth-order valence-electron chi connectivity index (χ4n) is 2.02. The molecule has 5 heteroatoms. The van der Waals surface area contributed by atoms with E-state index in [1.54, 1.807) is 13.8 Å². The van der Waals surface area contributed by atoms with E-state index in [0.29, 0.717) is 17.7 Å². The largest absolute Gasteiger partial charge is 0.504 e. The summed E-state index contributed by atoms with van der Waals surface area (Å²) in [6.45, 7) is 5.78. The van der Waals surface area contributed by atoms with Crippen molar-refractivity contribution in [3.05, 3.63) is 16.7 Å². The number of hydrogen-bond donors (Lipinski definition) is 3. The van der Waals surface area contributed by atoms with Crippen molar-refractivity contribution in [2.24, 2.45) is 0 Å². The molecule has 0 unspecified atom stereocenters. The minimum absolute atomic E-state index is 0.141. The molecule has 0 heterocycles. The van der Waals surface area contributed by atoms with Crippen LogP contribution in [0.15, 0.2) is 0 Å². The minimum Gasteiger partial charge on any atom is -0.504 e.